The molecule has 0 saturated carbocycles. The molecule has 3 aliphatic heterocycles. The SMILES string of the molecule is NCCCC(=O)NC1CN2CCC1CC2. The number of nitrogens with zero attached hydrogens (tertiary/aromatic N) is 1. The van der Waals surface area contributed by atoms with E-state index in [2.05, 4.69) is 10.2 Å². The van der Waals surface area contributed by atoms with E-state index in [4.69, 9.17) is 5.73 Å². The summed E-state index contributed by atoms with van der Waals surface area (Å²) in [7, 11) is 0. The molecular weight excluding hydrogens is 190 g/mol. The molecule has 3 saturated heterocycles. The molecule has 3 N–H and O–H groups in total. The van der Waals surface area contributed by atoms with Crippen molar-refractivity contribution in [3.05, 3.63) is 0 Å². The molecule has 3 heterocycles. The summed E-state index contributed by atoms with van der Waals surface area (Å²) in [5, 5.41) is 3.15. The van der Waals surface area contributed by atoms with Crippen LogP contribution in [0.2, 0.25) is 0 Å². The topological polar surface area (TPSA) is 58.4 Å². The first-order chi connectivity index (χ1) is 7.29. The van der Waals surface area contributed by atoms with Gasteiger partial charge in [-0.15, -0.1) is 0 Å². The van der Waals surface area contributed by atoms with Gasteiger partial charge in [0, 0.05) is 19.0 Å². The largest absolute Gasteiger partial charge is 0.352 e. The summed E-state index contributed by atoms with van der Waals surface area (Å²) in [6.07, 6.45) is 3.89. The minimum absolute atomic E-state index is 0.180. The number of nitrogens with two attached hydrogens (primary N) is 1. The van der Waals surface area contributed by atoms with Crippen LogP contribution in [0.5, 0.6) is 0 Å². The molecule has 15 heavy (non-hydrogen) atoms. The summed E-state index contributed by atoms with van der Waals surface area (Å²) in [5.41, 5.74) is 5.38. The summed E-state index contributed by atoms with van der Waals surface area (Å²) in [5.74, 6) is 0.899. The van der Waals surface area contributed by atoms with Gasteiger partial charge in [-0.05, 0) is 44.8 Å². The smallest absolute Gasteiger partial charge is 0.220 e. The van der Waals surface area contributed by atoms with E-state index < -0.39 is 0 Å². The Morgan fingerprint density at radius 1 is 1.40 bits per heavy atom. The van der Waals surface area contributed by atoms with Crippen molar-refractivity contribution < 1.29 is 4.79 Å². The molecule has 0 spiro atoms. The van der Waals surface area contributed by atoms with Gasteiger partial charge in [-0.2, -0.15) is 0 Å². The van der Waals surface area contributed by atoms with Gasteiger partial charge in [0.05, 0.1) is 0 Å². The molecule has 0 aromatic carbocycles. The minimum Gasteiger partial charge on any atom is -0.352 e. The van der Waals surface area contributed by atoms with E-state index >= 15 is 0 Å². The number of carbonyl (C=O) groups excluding carboxylic acids is 1. The number of rotatable bonds is 4. The third-order valence-electron chi connectivity index (χ3n) is 3.61. The maximum atomic E-state index is 11.6. The molecule has 0 aliphatic carbocycles. The quantitative estimate of drug-likeness (QED) is 0.684. The normalized spacial score (nSPS) is 34.1. The van der Waals surface area contributed by atoms with Crippen LogP contribution in [0.4, 0.5) is 0 Å². The lowest BCUT2D eigenvalue weighted by molar-refractivity contribution is -0.123. The number of hydrogen-bond donors (Lipinski definition) is 2. The predicted molar refractivity (Wildman–Crippen MR) is 59.4 cm³/mol. The van der Waals surface area contributed by atoms with Gasteiger partial charge in [0.25, 0.3) is 0 Å². The van der Waals surface area contributed by atoms with Crippen molar-refractivity contribution in [1.29, 1.82) is 0 Å². The Balaban J connectivity index is 1.77. The molecule has 4 heteroatoms. The molecule has 3 aliphatic rings. The number of amides is 1. The molecule has 4 nitrogen and oxygen atoms in total. The van der Waals surface area contributed by atoms with Gasteiger partial charge >= 0.3 is 0 Å². The fourth-order valence-corrected chi connectivity index (χ4v) is 2.67. The number of piperidine rings is 3. The van der Waals surface area contributed by atoms with Gasteiger partial charge in [0.1, 0.15) is 0 Å². The Morgan fingerprint density at radius 3 is 2.67 bits per heavy atom. The Hall–Kier alpha value is -0.610. The second-order valence-corrected chi connectivity index (χ2v) is 4.70. The molecule has 3 rings (SSSR count). The first-order valence-electron chi connectivity index (χ1n) is 6.01. The number of hydrogen-bond acceptors (Lipinski definition) is 3. The maximum Gasteiger partial charge on any atom is 0.220 e. The van der Waals surface area contributed by atoms with Crippen molar-refractivity contribution in [2.24, 2.45) is 11.7 Å². The van der Waals surface area contributed by atoms with E-state index in [1.165, 1.54) is 25.9 Å². The highest BCUT2D eigenvalue weighted by Gasteiger charge is 2.34. The average Bonchev–Trinajstić information content (AvgIpc) is 2.28. The number of carbonyl (C=O) groups is 1. The lowest BCUT2D eigenvalue weighted by Crippen LogP contribution is -2.57. The zero-order valence-corrected chi connectivity index (χ0v) is 9.24. The van der Waals surface area contributed by atoms with Crippen LogP contribution in [0.25, 0.3) is 0 Å². The Kier molecular flexibility index (Phi) is 3.59. The summed E-state index contributed by atoms with van der Waals surface area (Å²) in [6, 6.07) is 0.401. The van der Waals surface area contributed by atoms with Crippen LogP contribution in [0.3, 0.4) is 0 Å². The highest BCUT2D eigenvalue weighted by Crippen LogP contribution is 2.27. The highest BCUT2D eigenvalue weighted by molar-refractivity contribution is 5.76. The molecule has 0 radical (unpaired) electrons. The van der Waals surface area contributed by atoms with Gasteiger partial charge in [0.15, 0.2) is 0 Å². The van der Waals surface area contributed by atoms with E-state index in [0.29, 0.717) is 19.0 Å². The van der Waals surface area contributed by atoms with E-state index in [9.17, 15) is 4.79 Å². The molecule has 86 valence electrons. The zero-order chi connectivity index (χ0) is 10.7. The first-order valence-corrected chi connectivity index (χ1v) is 6.01. The first kappa shape index (κ1) is 10.9. The minimum atomic E-state index is 0.180. The van der Waals surface area contributed by atoms with Gasteiger partial charge in [-0.25, -0.2) is 0 Å². The molecule has 1 unspecified atom stereocenters. The summed E-state index contributed by atoms with van der Waals surface area (Å²) in [4.78, 5) is 14.0. The van der Waals surface area contributed by atoms with Crippen LogP contribution in [-0.2, 0) is 4.79 Å². The van der Waals surface area contributed by atoms with Crippen molar-refractivity contribution in [2.75, 3.05) is 26.2 Å². The van der Waals surface area contributed by atoms with Gasteiger partial charge in [-0.1, -0.05) is 0 Å². The molecule has 1 amide bonds. The molecule has 0 aromatic heterocycles. The fourth-order valence-electron chi connectivity index (χ4n) is 2.67. The lowest BCUT2D eigenvalue weighted by Gasteiger charge is -2.44. The van der Waals surface area contributed by atoms with E-state index in [1.54, 1.807) is 0 Å². The monoisotopic (exact) mass is 211 g/mol. The van der Waals surface area contributed by atoms with Crippen molar-refractivity contribution in [3.8, 4) is 0 Å². The van der Waals surface area contributed by atoms with Crippen molar-refractivity contribution in [3.63, 3.8) is 0 Å². The zero-order valence-electron chi connectivity index (χ0n) is 9.24. The molecule has 3 fully saturated rings. The second-order valence-electron chi connectivity index (χ2n) is 4.70. The van der Waals surface area contributed by atoms with E-state index in [-0.39, 0.29) is 5.91 Å². The van der Waals surface area contributed by atoms with Crippen LogP contribution in [0.15, 0.2) is 0 Å². The fraction of sp³-hybridized carbons (Fsp3) is 0.909. The van der Waals surface area contributed by atoms with E-state index in [0.717, 1.165) is 18.9 Å². The summed E-state index contributed by atoms with van der Waals surface area (Å²) >= 11 is 0. The highest BCUT2D eigenvalue weighted by atomic mass is 16.1. The Morgan fingerprint density at radius 2 is 2.13 bits per heavy atom. The van der Waals surface area contributed by atoms with Crippen molar-refractivity contribution in [1.82, 2.24) is 10.2 Å². The predicted octanol–water partition coefficient (Wildman–Crippen LogP) is -0.0643. The van der Waals surface area contributed by atoms with Crippen molar-refractivity contribution >= 4 is 5.91 Å². The van der Waals surface area contributed by atoms with Crippen LogP contribution >= 0.6 is 0 Å². The third-order valence-corrected chi connectivity index (χ3v) is 3.61. The van der Waals surface area contributed by atoms with Crippen LogP contribution < -0.4 is 11.1 Å². The summed E-state index contributed by atoms with van der Waals surface area (Å²) < 4.78 is 0. The second kappa shape index (κ2) is 4.94. The van der Waals surface area contributed by atoms with Crippen molar-refractivity contribution in [2.45, 2.75) is 31.7 Å². The molecular formula is C11H21N3O. The van der Waals surface area contributed by atoms with Crippen LogP contribution in [-0.4, -0.2) is 43.0 Å². The number of fused-ring (bicyclic) bond motifs is 3. The maximum absolute atomic E-state index is 11.6. The lowest BCUT2D eigenvalue weighted by atomic mass is 9.84. The van der Waals surface area contributed by atoms with Crippen LogP contribution in [0.1, 0.15) is 25.7 Å². The Labute approximate surface area is 91.2 Å². The van der Waals surface area contributed by atoms with Gasteiger partial charge in [-0.3, -0.25) is 4.79 Å². The third kappa shape index (κ3) is 2.69. The van der Waals surface area contributed by atoms with E-state index in [1.807, 2.05) is 0 Å². The molecule has 1 atom stereocenters. The number of nitrogens with one attached hydrogen (secondary N) is 1. The molecule has 2 bridgehead atoms. The van der Waals surface area contributed by atoms with Gasteiger partial charge < -0.3 is 16.0 Å². The average molecular weight is 211 g/mol. The Bertz CT molecular complexity index is 224. The summed E-state index contributed by atoms with van der Waals surface area (Å²) in [6.45, 7) is 4.10. The standard InChI is InChI=1S/C11H21N3O/c12-5-1-2-11(15)13-10-8-14-6-3-9(10)4-7-14/h9-10H,1-8,12H2,(H,13,15). The molecule has 0 aromatic rings. The van der Waals surface area contributed by atoms with Gasteiger partial charge in [0.2, 0.25) is 5.91 Å². The van der Waals surface area contributed by atoms with Crippen LogP contribution in [0, 0.1) is 5.92 Å².